The molecule has 0 spiro atoms. The number of aliphatic carboxylic acids is 1. The van der Waals surface area contributed by atoms with Gasteiger partial charge in [0.15, 0.2) is 0 Å². The van der Waals surface area contributed by atoms with Crippen LogP contribution in [0.5, 0.6) is 0 Å². The summed E-state index contributed by atoms with van der Waals surface area (Å²) < 4.78 is 0. The van der Waals surface area contributed by atoms with E-state index in [0.717, 1.165) is 38.5 Å². The van der Waals surface area contributed by atoms with Crippen molar-refractivity contribution in [1.82, 2.24) is 5.32 Å². The monoisotopic (exact) mass is 169 g/mol. The molecule has 0 aromatic heterocycles. The van der Waals surface area contributed by atoms with Crippen LogP contribution in [0.15, 0.2) is 0 Å². The minimum absolute atomic E-state index is 0.476. The number of rotatable bonds is 1. The molecule has 2 aliphatic rings. The lowest BCUT2D eigenvalue weighted by atomic mass is 9.76. The van der Waals surface area contributed by atoms with Crippen LogP contribution in [0.25, 0.3) is 0 Å². The lowest BCUT2D eigenvalue weighted by Gasteiger charge is -2.43. The van der Waals surface area contributed by atoms with Crippen LogP contribution in [0, 0.1) is 0 Å². The Morgan fingerprint density at radius 2 is 1.92 bits per heavy atom. The fraction of sp³-hybridized carbons (Fsp3) is 0.889. The maximum atomic E-state index is 11.0. The van der Waals surface area contributed by atoms with Gasteiger partial charge in [-0.3, -0.25) is 10.1 Å². The summed E-state index contributed by atoms with van der Waals surface area (Å²) in [6.45, 7) is 0. The van der Waals surface area contributed by atoms with E-state index in [0.29, 0.717) is 6.04 Å². The summed E-state index contributed by atoms with van der Waals surface area (Å²) in [5, 5.41) is 12.3. The van der Waals surface area contributed by atoms with Gasteiger partial charge in [0.1, 0.15) is 5.54 Å². The molecule has 2 heterocycles. The van der Waals surface area contributed by atoms with Gasteiger partial charge in [0.25, 0.3) is 0 Å². The third-order valence-electron chi connectivity index (χ3n) is 3.20. The molecule has 2 N–H and O–H groups in total. The fourth-order valence-electron chi connectivity index (χ4n) is 2.52. The molecule has 2 rings (SSSR count). The summed E-state index contributed by atoms with van der Waals surface area (Å²) in [6, 6.07) is 0.476. The zero-order valence-electron chi connectivity index (χ0n) is 7.18. The largest absolute Gasteiger partial charge is 0.480 e. The van der Waals surface area contributed by atoms with Crippen molar-refractivity contribution < 1.29 is 9.90 Å². The molecule has 12 heavy (non-hydrogen) atoms. The van der Waals surface area contributed by atoms with Crippen molar-refractivity contribution >= 4 is 5.97 Å². The molecule has 0 saturated carbocycles. The van der Waals surface area contributed by atoms with Gasteiger partial charge in [0.2, 0.25) is 0 Å². The minimum Gasteiger partial charge on any atom is -0.480 e. The normalized spacial score (nSPS) is 40.8. The Bertz CT molecular complexity index is 193. The molecule has 3 heteroatoms. The maximum absolute atomic E-state index is 11.0. The Morgan fingerprint density at radius 3 is 2.33 bits per heavy atom. The second-order valence-electron chi connectivity index (χ2n) is 4.01. The predicted molar refractivity (Wildman–Crippen MR) is 45.0 cm³/mol. The first kappa shape index (κ1) is 8.05. The van der Waals surface area contributed by atoms with Crippen LogP contribution in [0.1, 0.15) is 38.5 Å². The number of hydrogen-bond acceptors (Lipinski definition) is 2. The summed E-state index contributed by atoms with van der Waals surface area (Å²) >= 11 is 0. The van der Waals surface area contributed by atoms with Crippen LogP contribution in [-0.2, 0) is 4.79 Å². The number of carbonyl (C=O) groups is 1. The molecule has 0 aromatic carbocycles. The standard InChI is InChI=1S/C9H15NO2/c11-8(12)9-5-1-3-7(10-9)4-2-6-9/h7,10H,1-6H2,(H,11,12). The maximum Gasteiger partial charge on any atom is 0.323 e. The van der Waals surface area contributed by atoms with E-state index >= 15 is 0 Å². The van der Waals surface area contributed by atoms with Crippen LogP contribution < -0.4 is 5.32 Å². The van der Waals surface area contributed by atoms with Crippen molar-refractivity contribution in [2.75, 3.05) is 0 Å². The molecule has 2 fully saturated rings. The highest BCUT2D eigenvalue weighted by molar-refractivity contribution is 5.79. The van der Waals surface area contributed by atoms with Gasteiger partial charge in [-0.2, -0.15) is 0 Å². The summed E-state index contributed by atoms with van der Waals surface area (Å²) in [4.78, 5) is 11.0. The van der Waals surface area contributed by atoms with Gasteiger partial charge in [-0.15, -0.1) is 0 Å². The molecule has 3 nitrogen and oxygen atoms in total. The zero-order valence-corrected chi connectivity index (χ0v) is 7.18. The molecule has 0 atom stereocenters. The molecule has 2 bridgehead atoms. The van der Waals surface area contributed by atoms with E-state index in [1.54, 1.807) is 0 Å². The third kappa shape index (κ3) is 1.12. The van der Waals surface area contributed by atoms with E-state index in [1.807, 2.05) is 0 Å². The molecule has 0 radical (unpaired) electrons. The van der Waals surface area contributed by atoms with E-state index in [4.69, 9.17) is 5.11 Å². The van der Waals surface area contributed by atoms with Crippen LogP contribution in [0.3, 0.4) is 0 Å². The highest BCUT2D eigenvalue weighted by Crippen LogP contribution is 2.33. The second-order valence-corrected chi connectivity index (χ2v) is 4.01. The quantitative estimate of drug-likeness (QED) is 0.618. The van der Waals surface area contributed by atoms with Gasteiger partial charge in [-0.25, -0.2) is 0 Å². The fourth-order valence-corrected chi connectivity index (χ4v) is 2.52. The highest BCUT2D eigenvalue weighted by atomic mass is 16.4. The number of fused-ring (bicyclic) bond motifs is 2. The molecule has 0 aliphatic carbocycles. The molecule has 0 unspecified atom stereocenters. The summed E-state index contributed by atoms with van der Waals surface area (Å²) in [6.07, 6.45) is 6.11. The smallest absolute Gasteiger partial charge is 0.323 e. The number of carboxylic acids is 1. The Kier molecular flexibility index (Phi) is 1.83. The number of carboxylic acid groups (broad SMARTS) is 1. The second kappa shape index (κ2) is 2.73. The molecule has 0 aromatic rings. The average Bonchev–Trinajstić information content (AvgIpc) is 2.04. The Balaban J connectivity index is 2.17. The number of hydrogen-bond donors (Lipinski definition) is 2. The highest BCUT2D eigenvalue weighted by Gasteiger charge is 2.44. The van der Waals surface area contributed by atoms with Crippen LogP contribution in [0.2, 0.25) is 0 Å². The van der Waals surface area contributed by atoms with Gasteiger partial charge in [-0.05, 0) is 38.5 Å². The molecular weight excluding hydrogens is 154 g/mol. The van der Waals surface area contributed by atoms with Gasteiger partial charge in [-0.1, -0.05) is 0 Å². The average molecular weight is 169 g/mol. The molecule has 68 valence electrons. The predicted octanol–water partition coefficient (Wildman–Crippen LogP) is 1.14. The first-order valence-corrected chi connectivity index (χ1v) is 4.74. The van der Waals surface area contributed by atoms with Crippen molar-refractivity contribution in [2.45, 2.75) is 50.1 Å². The SMILES string of the molecule is O=C(O)C12CCCC(CCC1)N2. The summed E-state index contributed by atoms with van der Waals surface area (Å²) in [5.74, 6) is -0.646. The van der Waals surface area contributed by atoms with E-state index in [9.17, 15) is 4.79 Å². The number of nitrogens with one attached hydrogen (secondary N) is 1. The van der Waals surface area contributed by atoms with E-state index in [-0.39, 0.29) is 0 Å². The number of piperidine rings is 2. The lowest BCUT2D eigenvalue weighted by molar-refractivity contribution is -0.148. The van der Waals surface area contributed by atoms with E-state index in [1.165, 1.54) is 0 Å². The van der Waals surface area contributed by atoms with E-state index < -0.39 is 11.5 Å². The molecule has 0 amide bonds. The first-order chi connectivity index (χ1) is 5.73. The molecule has 2 aliphatic heterocycles. The van der Waals surface area contributed by atoms with Crippen molar-refractivity contribution in [3.63, 3.8) is 0 Å². The molecular formula is C9H15NO2. The first-order valence-electron chi connectivity index (χ1n) is 4.74. The van der Waals surface area contributed by atoms with E-state index in [2.05, 4.69) is 5.32 Å². The van der Waals surface area contributed by atoms with Crippen LogP contribution >= 0.6 is 0 Å². The van der Waals surface area contributed by atoms with Crippen molar-refractivity contribution in [3.05, 3.63) is 0 Å². The topological polar surface area (TPSA) is 49.3 Å². The van der Waals surface area contributed by atoms with Crippen LogP contribution in [0.4, 0.5) is 0 Å². The van der Waals surface area contributed by atoms with Gasteiger partial charge >= 0.3 is 5.97 Å². The van der Waals surface area contributed by atoms with Gasteiger partial charge in [0, 0.05) is 6.04 Å². The van der Waals surface area contributed by atoms with Crippen LogP contribution in [-0.4, -0.2) is 22.7 Å². The summed E-state index contributed by atoms with van der Waals surface area (Å²) in [5.41, 5.74) is -0.554. The van der Waals surface area contributed by atoms with Crippen molar-refractivity contribution in [3.8, 4) is 0 Å². The Hall–Kier alpha value is -0.570. The Labute approximate surface area is 72.2 Å². The van der Waals surface area contributed by atoms with Crippen molar-refractivity contribution in [2.24, 2.45) is 0 Å². The zero-order chi connectivity index (χ0) is 8.60. The third-order valence-corrected chi connectivity index (χ3v) is 3.20. The van der Waals surface area contributed by atoms with Gasteiger partial charge in [0.05, 0.1) is 0 Å². The summed E-state index contributed by atoms with van der Waals surface area (Å²) in [7, 11) is 0. The lowest BCUT2D eigenvalue weighted by Crippen LogP contribution is -2.61. The Morgan fingerprint density at radius 1 is 1.33 bits per heavy atom. The molecule has 2 saturated heterocycles. The van der Waals surface area contributed by atoms with Crippen molar-refractivity contribution in [1.29, 1.82) is 0 Å². The minimum atomic E-state index is -0.646. The van der Waals surface area contributed by atoms with Gasteiger partial charge < -0.3 is 5.11 Å².